The van der Waals surface area contributed by atoms with Crippen LogP contribution in [0.4, 0.5) is 14.5 Å². The molecular weight excluding hydrogens is 284 g/mol. The number of nitrogen functional groups attached to an aromatic ring is 1. The van der Waals surface area contributed by atoms with Gasteiger partial charge in [0.2, 0.25) is 0 Å². The van der Waals surface area contributed by atoms with Crippen molar-refractivity contribution in [3.63, 3.8) is 0 Å². The average molecular weight is 297 g/mol. The second kappa shape index (κ2) is 5.96. The van der Waals surface area contributed by atoms with Crippen molar-refractivity contribution in [2.75, 3.05) is 5.73 Å². The molecular formula is C13H13F2N3OS. The maximum absolute atomic E-state index is 13.7. The highest BCUT2D eigenvalue weighted by Crippen LogP contribution is 2.18. The topological polar surface area (TPSA) is 68.0 Å². The maximum Gasteiger partial charge on any atom is 0.254 e. The quantitative estimate of drug-likeness (QED) is 0.852. The fourth-order valence-electron chi connectivity index (χ4n) is 1.62. The number of hydrogen-bond acceptors (Lipinski definition) is 4. The zero-order valence-corrected chi connectivity index (χ0v) is 11.6. The first-order chi connectivity index (χ1) is 9.51. The van der Waals surface area contributed by atoms with E-state index in [1.54, 1.807) is 6.20 Å². The molecule has 0 aliphatic heterocycles. The van der Waals surface area contributed by atoms with Gasteiger partial charge in [0.15, 0.2) is 5.82 Å². The van der Waals surface area contributed by atoms with Crippen LogP contribution in [0, 0.1) is 11.6 Å². The van der Waals surface area contributed by atoms with Gasteiger partial charge in [0, 0.05) is 11.1 Å². The molecule has 1 aromatic carbocycles. The van der Waals surface area contributed by atoms with E-state index in [2.05, 4.69) is 10.3 Å². The Hall–Kier alpha value is -2.02. The minimum absolute atomic E-state index is 0.166. The van der Waals surface area contributed by atoms with Crippen LogP contribution in [0.1, 0.15) is 27.2 Å². The Morgan fingerprint density at radius 1 is 1.45 bits per heavy atom. The fourth-order valence-corrected chi connectivity index (χ4v) is 2.42. The molecule has 0 radical (unpaired) electrons. The van der Waals surface area contributed by atoms with Crippen LogP contribution in [0.15, 0.2) is 18.3 Å². The number of carbonyl (C=O) groups is 1. The summed E-state index contributed by atoms with van der Waals surface area (Å²) in [5.41, 5.74) is 4.48. The number of benzene rings is 1. The first-order valence-corrected chi connectivity index (χ1v) is 6.79. The van der Waals surface area contributed by atoms with Gasteiger partial charge in [-0.2, -0.15) is 0 Å². The molecule has 3 N–H and O–H groups in total. The number of nitrogens with zero attached hydrogens (tertiary/aromatic N) is 1. The Morgan fingerprint density at radius 3 is 2.85 bits per heavy atom. The zero-order valence-electron chi connectivity index (χ0n) is 10.7. The summed E-state index contributed by atoms with van der Waals surface area (Å²) in [6.07, 6.45) is 2.59. The third-order valence-electron chi connectivity index (χ3n) is 2.66. The lowest BCUT2D eigenvalue weighted by Gasteiger charge is -2.06. The minimum atomic E-state index is -0.919. The molecule has 4 nitrogen and oxygen atoms in total. The van der Waals surface area contributed by atoms with Gasteiger partial charge in [-0.15, -0.1) is 11.3 Å². The molecule has 0 fully saturated rings. The molecule has 0 bridgehead atoms. The van der Waals surface area contributed by atoms with E-state index in [1.807, 2.05) is 6.92 Å². The largest absolute Gasteiger partial charge is 0.396 e. The van der Waals surface area contributed by atoms with Crippen molar-refractivity contribution < 1.29 is 13.6 Å². The van der Waals surface area contributed by atoms with Gasteiger partial charge in [-0.25, -0.2) is 13.8 Å². The van der Waals surface area contributed by atoms with Gasteiger partial charge in [0.05, 0.1) is 17.8 Å². The summed E-state index contributed by atoms with van der Waals surface area (Å²) in [5.74, 6) is -2.39. The molecule has 0 aliphatic carbocycles. The molecule has 1 aromatic heterocycles. The summed E-state index contributed by atoms with van der Waals surface area (Å²) in [6, 6.07) is 1.65. The molecule has 0 aliphatic rings. The van der Waals surface area contributed by atoms with Crippen LogP contribution in [0.5, 0.6) is 0 Å². The van der Waals surface area contributed by atoms with Crippen LogP contribution in [-0.2, 0) is 13.0 Å². The Morgan fingerprint density at radius 2 is 2.20 bits per heavy atom. The lowest BCUT2D eigenvalue weighted by atomic mass is 10.1. The number of carbonyl (C=O) groups excluding carboxylic acids is 1. The number of rotatable bonds is 4. The fraction of sp³-hybridized carbons (Fsp3) is 0.231. The van der Waals surface area contributed by atoms with Crippen molar-refractivity contribution in [1.82, 2.24) is 10.3 Å². The SMILES string of the molecule is CCc1cnc(CNC(=O)c2cc(F)cc(N)c2F)s1. The normalized spacial score (nSPS) is 10.6. The molecule has 106 valence electrons. The van der Waals surface area contributed by atoms with E-state index in [0.29, 0.717) is 5.01 Å². The number of thiazole rings is 1. The number of aryl methyl sites for hydroxylation is 1. The molecule has 1 heterocycles. The smallest absolute Gasteiger partial charge is 0.254 e. The summed E-state index contributed by atoms with van der Waals surface area (Å²) in [5, 5.41) is 3.20. The third kappa shape index (κ3) is 3.11. The Kier molecular flexibility index (Phi) is 4.29. The average Bonchev–Trinajstić information content (AvgIpc) is 2.88. The zero-order chi connectivity index (χ0) is 14.7. The van der Waals surface area contributed by atoms with Crippen molar-refractivity contribution in [3.8, 4) is 0 Å². The van der Waals surface area contributed by atoms with E-state index >= 15 is 0 Å². The van der Waals surface area contributed by atoms with Crippen molar-refractivity contribution in [2.45, 2.75) is 19.9 Å². The number of anilines is 1. The first-order valence-electron chi connectivity index (χ1n) is 5.97. The minimum Gasteiger partial charge on any atom is -0.396 e. The monoisotopic (exact) mass is 297 g/mol. The number of amides is 1. The number of aromatic nitrogens is 1. The number of halogens is 2. The summed E-state index contributed by atoms with van der Waals surface area (Å²) in [6.45, 7) is 2.17. The summed E-state index contributed by atoms with van der Waals surface area (Å²) < 4.78 is 26.8. The second-order valence-corrected chi connectivity index (χ2v) is 5.31. The van der Waals surface area contributed by atoms with E-state index in [1.165, 1.54) is 11.3 Å². The Labute approximate surface area is 118 Å². The summed E-state index contributed by atoms with van der Waals surface area (Å²) in [7, 11) is 0. The Balaban J connectivity index is 2.09. The van der Waals surface area contributed by atoms with Gasteiger partial charge in [-0.1, -0.05) is 6.92 Å². The maximum atomic E-state index is 13.7. The van der Waals surface area contributed by atoms with Gasteiger partial charge in [-0.05, 0) is 18.6 Å². The molecule has 0 saturated carbocycles. The number of nitrogens with two attached hydrogens (primary N) is 1. The first kappa shape index (κ1) is 14.4. The predicted octanol–water partition coefficient (Wildman–Crippen LogP) is 2.50. The third-order valence-corrected chi connectivity index (χ3v) is 3.80. The number of hydrogen-bond donors (Lipinski definition) is 2. The number of nitrogens with one attached hydrogen (secondary N) is 1. The molecule has 2 aromatic rings. The van der Waals surface area contributed by atoms with E-state index in [4.69, 9.17) is 5.73 Å². The van der Waals surface area contributed by atoms with Gasteiger partial charge < -0.3 is 11.1 Å². The van der Waals surface area contributed by atoms with Gasteiger partial charge in [-0.3, -0.25) is 4.79 Å². The summed E-state index contributed by atoms with van der Waals surface area (Å²) in [4.78, 5) is 17.0. The van der Waals surface area contributed by atoms with E-state index in [0.717, 1.165) is 23.4 Å². The van der Waals surface area contributed by atoms with Crippen molar-refractivity contribution in [3.05, 3.63) is 45.4 Å². The molecule has 7 heteroatoms. The van der Waals surface area contributed by atoms with E-state index < -0.39 is 28.8 Å². The van der Waals surface area contributed by atoms with Crippen LogP contribution >= 0.6 is 11.3 Å². The Bertz CT molecular complexity index is 643. The molecule has 0 saturated heterocycles. The van der Waals surface area contributed by atoms with Crippen LogP contribution in [0.25, 0.3) is 0 Å². The molecule has 0 atom stereocenters. The molecule has 2 rings (SSSR count). The van der Waals surface area contributed by atoms with E-state index in [9.17, 15) is 13.6 Å². The van der Waals surface area contributed by atoms with Crippen LogP contribution < -0.4 is 11.1 Å². The summed E-state index contributed by atoms with van der Waals surface area (Å²) >= 11 is 1.46. The van der Waals surface area contributed by atoms with Gasteiger partial charge in [0.1, 0.15) is 10.8 Å². The highest BCUT2D eigenvalue weighted by molar-refractivity contribution is 7.11. The second-order valence-electron chi connectivity index (χ2n) is 4.11. The van der Waals surface area contributed by atoms with Gasteiger partial charge in [0.25, 0.3) is 5.91 Å². The molecule has 1 amide bonds. The van der Waals surface area contributed by atoms with Crippen molar-refractivity contribution >= 4 is 22.9 Å². The lowest BCUT2D eigenvalue weighted by Crippen LogP contribution is -2.24. The van der Waals surface area contributed by atoms with Crippen LogP contribution in [-0.4, -0.2) is 10.9 Å². The van der Waals surface area contributed by atoms with Crippen LogP contribution in [0.3, 0.4) is 0 Å². The standard InChI is InChI=1S/C13H13F2N3OS/c1-2-8-5-17-11(20-8)6-18-13(19)9-3-7(14)4-10(16)12(9)15/h3-5H,2,6,16H2,1H3,(H,18,19). The molecule has 20 heavy (non-hydrogen) atoms. The highest BCUT2D eigenvalue weighted by Gasteiger charge is 2.16. The lowest BCUT2D eigenvalue weighted by molar-refractivity contribution is 0.0946. The van der Waals surface area contributed by atoms with Crippen LogP contribution in [0.2, 0.25) is 0 Å². The molecule has 0 spiro atoms. The van der Waals surface area contributed by atoms with Crippen molar-refractivity contribution in [2.24, 2.45) is 0 Å². The molecule has 0 unspecified atom stereocenters. The van der Waals surface area contributed by atoms with Gasteiger partial charge >= 0.3 is 0 Å². The highest BCUT2D eigenvalue weighted by atomic mass is 32.1. The predicted molar refractivity (Wildman–Crippen MR) is 73.4 cm³/mol. The van der Waals surface area contributed by atoms with E-state index in [-0.39, 0.29) is 6.54 Å². The van der Waals surface area contributed by atoms with Crippen molar-refractivity contribution in [1.29, 1.82) is 0 Å².